The summed E-state index contributed by atoms with van der Waals surface area (Å²) in [5.41, 5.74) is 1.14. The Morgan fingerprint density at radius 3 is 3.06 bits per heavy atom. The molecule has 0 aromatic carbocycles. The molecule has 0 bridgehead atoms. The second-order valence-electron chi connectivity index (χ2n) is 3.42. The number of esters is 1. The van der Waals surface area contributed by atoms with Crippen molar-refractivity contribution in [2.75, 3.05) is 6.61 Å². The fourth-order valence-corrected chi connectivity index (χ4v) is 1.73. The molecule has 1 unspecified atom stereocenters. The van der Waals surface area contributed by atoms with Crippen LogP contribution in [-0.4, -0.2) is 24.7 Å². The van der Waals surface area contributed by atoms with Gasteiger partial charge in [-0.05, 0) is 18.6 Å². The molecule has 0 radical (unpaired) electrons. The van der Waals surface area contributed by atoms with Gasteiger partial charge in [0.15, 0.2) is 0 Å². The van der Waals surface area contributed by atoms with E-state index in [0.29, 0.717) is 12.2 Å². The van der Waals surface area contributed by atoms with Crippen molar-refractivity contribution < 1.29 is 14.3 Å². The zero-order valence-electron chi connectivity index (χ0n) is 8.84. The van der Waals surface area contributed by atoms with Gasteiger partial charge >= 0.3 is 5.97 Å². The first-order chi connectivity index (χ1) is 7.74. The van der Waals surface area contributed by atoms with Crippen LogP contribution in [0.25, 0.3) is 0 Å². The van der Waals surface area contributed by atoms with Gasteiger partial charge in [-0.2, -0.15) is 0 Å². The third kappa shape index (κ3) is 1.74. The van der Waals surface area contributed by atoms with Crippen molar-refractivity contribution in [2.24, 2.45) is 10.9 Å². The molecule has 16 heavy (non-hydrogen) atoms. The van der Waals surface area contributed by atoms with Crippen LogP contribution in [0.4, 0.5) is 0 Å². The first kappa shape index (κ1) is 10.5. The Kier molecular flexibility index (Phi) is 2.81. The monoisotopic (exact) mass is 217 g/mol. The lowest BCUT2D eigenvalue weighted by atomic mass is 9.85. The largest absolute Gasteiger partial charge is 0.463 e. The van der Waals surface area contributed by atoms with E-state index in [9.17, 15) is 9.59 Å². The Bertz CT molecular complexity index is 455. The first-order valence-corrected chi connectivity index (χ1v) is 5.07. The number of amides is 1. The molecule has 0 aromatic heterocycles. The summed E-state index contributed by atoms with van der Waals surface area (Å²) in [7, 11) is 0. The fourth-order valence-electron chi connectivity index (χ4n) is 1.73. The molecule has 4 heteroatoms. The molecule has 4 nitrogen and oxygen atoms in total. The van der Waals surface area contributed by atoms with E-state index < -0.39 is 11.9 Å². The highest BCUT2D eigenvalue weighted by Crippen LogP contribution is 2.29. The molecule has 0 saturated carbocycles. The summed E-state index contributed by atoms with van der Waals surface area (Å²) in [6, 6.07) is 0. The SMILES string of the molecule is CCOC(=O)C1=CC=CC2=CC=NC(=O)C21. The lowest BCUT2D eigenvalue weighted by Crippen LogP contribution is -2.26. The second-order valence-corrected chi connectivity index (χ2v) is 3.42. The summed E-state index contributed by atoms with van der Waals surface area (Å²) in [5, 5.41) is 0. The van der Waals surface area contributed by atoms with Gasteiger partial charge in [0.2, 0.25) is 0 Å². The summed E-state index contributed by atoms with van der Waals surface area (Å²) in [6.45, 7) is 2.03. The van der Waals surface area contributed by atoms with Crippen LogP contribution < -0.4 is 0 Å². The van der Waals surface area contributed by atoms with Gasteiger partial charge in [0, 0.05) is 6.21 Å². The van der Waals surface area contributed by atoms with E-state index in [0.717, 1.165) is 5.57 Å². The van der Waals surface area contributed by atoms with Crippen molar-refractivity contribution in [3.05, 3.63) is 35.5 Å². The standard InChI is InChI=1S/C12H11NO3/c1-2-16-12(15)9-5-3-4-8-6-7-13-11(14)10(8)9/h3-7,10H,2H2,1H3. The smallest absolute Gasteiger partial charge is 0.335 e. The van der Waals surface area contributed by atoms with Gasteiger partial charge in [0.05, 0.1) is 18.1 Å². The number of allylic oxidation sites excluding steroid dienone is 4. The van der Waals surface area contributed by atoms with Crippen molar-refractivity contribution in [3.8, 4) is 0 Å². The minimum Gasteiger partial charge on any atom is -0.463 e. The number of dihydropyridines is 1. The Hall–Kier alpha value is -1.97. The minimum atomic E-state index is -0.589. The number of ether oxygens (including phenoxy) is 1. The third-order valence-electron chi connectivity index (χ3n) is 2.44. The molecule has 0 spiro atoms. The maximum absolute atomic E-state index is 11.6. The molecule has 0 N–H and O–H groups in total. The first-order valence-electron chi connectivity index (χ1n) is 5.07. The number of rotatable bonds is 2. The van der Waals surface area contributed by atoms with E-state index in [4.69, 9.17) is 4.74 Å². The lowest BCUT2D eigenvalue weighted by Gasteiger charge is -2.21. The highest BCUT2D eigenvalue weighted by atomic mass is 16.5. The highest BCUT2D eigenvalue weighted by molar-refractivity contribution is 6.05. The Morgan fingerprint density at radius 1 is 1.50 bits per heavy atom. The Morgan fingerprint density at radius 2 is 2.31 bits per heavy atom. The number of carbonyl (C=O) groups is 2. The maximum Gasteiger partial charge on any atom is 0.335 e. The summed E-state index contributed by atoms with van der Waals surface area (Å²) in [5.74, 6) is -1.36. The zero-order chi connectivity index (χ0) is 11.5. The second kappa shape index (κ2) is 4.26. The van der Waals surface area contributed by atoms with Crippen molar-refractivity contribution in [2.45, 2.75) is 6.92 Å². The topological polar surface area (TPSA) is 55.7 Å². The van der Waals surface area contributed by atoms with Crippen molar-refractivity contribution in [3.63, 3.8) is 0 Å². The van der Waals surface area contributed by atoms with Crippen LogP contribution in [0.1, 0.15) is 6.92 Å². The molecule has 2 aliphatic rings. The van der Waals surface area contributed by atoms with Crippen LogP contribution in [0, 0.1) is 5.92 Å². The quantitative estimate of drug-likeness (QED) is 0.653. The van der Waals surface area contributed by atoms with E-state index >= 15 is 0 Å². The van der Waals surface area contributed by atoms with Gasteiger partial charge in [-0.25, -0.2) is 9.79 Å². The number of hydrogen-bond donors (Lipinski definition) is 0. The number of hydrogen-bond acceptors (Lipinski definition) is 3. The molecule has 0 aromatic rings. The normalized spacial score (nSPS) is 22.3. The molecule has 0 fully saturated rings. The van der Waals surface area contributed by atoms with Crippen LogP contribution in [0.3, 0.4) is 0 Å². The Balaban J connectivity index is 2.33. The molecule has 0 saturated heterocycles. The maximum atomic E-state index is 11.6. The average Bonchev–Trinajstić information content (AvgIpc) is 2.29. The van der Waals surface area contributed by atoms with Gasteiger partial charge in [-0.3, -0.25) is 4.79 Å². The summed E-state index contributed by atoms with van der Waals surface area (Å²) in [6.07, 6.45) is 8.33. The molecule has 1 aliphatic heterocycles. The average molecular weight is 217 g/mol. The van der Waals surface area contributed by atoms with Crippen LogP contribution in [-0.2, 0) is 14.3 Å². The number of aliphatic imine (C=N–C) groups is 1. The summed E-state index contributed by atoms with van der Waals surface area (Å²) < 4.78 is 4.91. The predicted molar refractivity (Wildman–Crippen MR) is 58.9 cm³/mol. The highest BCUT2D eigenvalue weighted by Gasteiger charge is 2.33. The van der Waals surface area contributed by atoms with Crippen molar-refractivity contribution >= 4 is 18.1 Å². The van der Waals surface area contributed by atoms with Crippen LogP contribution in [0.15, 0.2) is 40.4 Å². The van der Waals surface area contributed by atoms with E-state index in [1.807, 2.05) is 0 Å². The van der Waals surface area contributed by atoms with Gasteiger partial charge < -0.3 is 4.74 Å². The molecule has 1 aliphatic carbocycles. The van der Waals surface area contributed by atoms with Gasteiger partial charge in [0.25, 0.3) is 5.91 Å². The van der Waals surface area contributed by atoms with E-state index in [1.165, 1.54) is 6.21 Å². The van der Waals surface area contributed by atoms with E-state index in [1.54, 1.807) is 31.2 Å². The van der Waals surface area contributed by atoms with Crippen LogP contribution in [0.2, 0.25) is 0 Å². The van der Waals surface area contributed by atoms with Gasteiger partial charge in [-0.1, -0.05) is 18.2 Å². The van der Waals surface area contributed by atoms with E-state index in [-0.39, 0.29) is 5.91 Å². The summed E-state index contributed by atoms with van der Waals surface area (Å²) >= 11 is 0. The van der Waals surface area contributed by atoms with Crippen LogP contribution >= 0.6 is 0 Å². The minimum absolute atomic E-state index is 0.295. The summed E-state index contributed by atoms with van der Waals surface area (Å²) in [4.78, 5) is 27.0. The molecule has 82 valence electrons. The van der Waals surface area contributed by atoms with Gasteiger partial charge in [-0.15, -0.1) is 0 Å². The Labute approximate surface area is 93.0 Å². The number of fused-ring (bicyclic) bond motifs is 1. The molecular weight excluding hydrogens is 206 g/mol. The number of carbonyl (C=O) groups excluding carboxylic acids is 2. The fraction of sp³-hybridized carbons (Fsp3) is 0.250. The predicted octanol–water partition coefficient (Wildman–Crippen LogP) is 1.20. The van der Waals surface area contributed by atoms with Gasteiger partial charge in [0.1, 0.15) is 0 Å². The van der Waals surface area contributed by atoms with Crippen LogP contribution in [0.5, 0.6) is 0 Å². The number of nitrogens with zero attached hydrogens (tertiary/aromatic N) is 1. The van der Waals surface area contributed by atoms with Crippen molar-refractivity contribution in [1.29, 1.82) is 0 Å². The molecule has 1 heterocycles. The molecular formula is C12H11NO3. The van der Waals surface area contributed by atoms with E-state index in [2.05, 4.69) is 4.99 Å². The molecule has 1 amide bonds. The third-order valence-corrected chi connectivity index (χ3v) is 2.44. The molecule has 2 rings (SSSR count). The lowest BCUT2D eigenvalue weighted by molar-refractivity contribution is -0.140. The molecule has 1 atom stereocenters. The zero-order valence-corrected chi connectivity index (χ0v) is 8.84. The van der Waals surface area contributed by atoms with Crippen molar-refractivity contribution in [1.82, 2.24) is 0 Å².